The molecular weight excluding hydrogens is 208 g/mol. The van der Waals surface area contributed by atoms with Crippen LogP contribution in [0.3, 0.4) is 0 Å². The van der Waals surface area contributed by atoms with E-state index in [0.29, 0.717) is 0 Å². The van der Waals surface area contributed by atoms with Crippen molar-refractivity contribution in [1.82, 2.24) is 5.48 Å². The molecule has 0 aromatic heterocycles. The molecule has 5 heteroatoms. The van der Waals surface area contributed by atoms with Crippen molar-refractivity contribution in [2.45, 2.75) is 50.2 Å². The van der Waals surface area contributed by atoms with Gasteiger partial charge in [0, 0.05) is 12.6 Å². The molecule has 1 heterocycles. The Hall–Kier alpha value is -0.650. The molecule has 1 unspecified atom stereocenters. The van der Waals surface area contributed by atoms with Gasteiger partial charge in [-0.15, -0.1) is 0 Å². The summed E-state index contributed by atoms with van der Waals surface area (Å²) in [7, 11) is 0. The number of hydrogen-bond donors (Lipinski definition) is 2. The van der Waals surface area contributed by atoms with E-state index in [2.05, 4.69) is 5.48 Å². The number of carbonyl (C=O) groups excluding carboxylic acids is 1. The van der Waals surface area contributed by atoms with Crippen LogP contribution in [0.5, 0.6) is 0 Å². The molecule has 0 aromatic rings. The number of nitrogens with two attached hydrogens (primary N) is 1. The van der Waals surface area contributed by atoms with Crippen molar-refractivity contribution in [3.63, 3.8) is 0 Å². The molecule has 1 saturated heterocycles. The van der Waals surface area contributed by atoms with Gasteiger partial charge in [-0.2, -0.15) is 5.48 Å². The molecule has 2 aliphatic rings. The normalized spacial score (nSPS) is 28.4. The highest BCUT2D eigenvalue weighted by Gasteiger charge is 2.39. The molecule has 16 heavy (non-hydrogen) atoms. The first-order valence-electron chi connectivity index (χ1n) is 6.00. The topological polar surface area (TPSA) is 73.6 Å². The molecule has 1 atom stereocenters. The van der Waals surface area contributed by atoms with Gasteiger partial charge >= 0.3 is 0 Å². The van der Waals surface area contributed by atoms with Crippen molar-refractivity contribution < 1.29 is 14.4 Å². The summed E-state index contributed by atoms with van der Waals surface area (Å²) in [5, 5.41) is 0. The second-order valence-electron chi connectivity index (χ2n) is 4.80. The highest BCUT2D eigenvalue weighted by atomic mass is 16.6. The summed E-state index contributed by atoms with van der Waals surface area (Å²) in [6, 6.07) is 0.284. The van der Waals surface area contributed by atoms with Crippen molar-refractivity contribution in [2.75, 3.05) is 13.2 Å². The lowest BCUT2D eigenvalue weighted by atomic mass is 9.89. The van der Waals surface area contributed by atoms with Gasteiger partial charge in [0.1, 0.15) is 6.61 Å². The Balaban J connectivity index is 1.76. The van der Waals surface area contributed by atoms with Crippen LogP contribution in [0.4, 0.5) is 0 Å². The average molecular weight is 228 g/mol. The van der Waals surface area contributed by atoms with Crippen molar-refractivity contribution in [2.24, 2.45) is 5.73 Å². The molecule has 1 aliphatic carbocycles. The van der Waals surface area contributed by atoms with Crippen molar-refractivity contribution in [3.8, 4) is 0 Å². The fourth-order valence-electron chi connectivity index (χ4n) is 2.73. The Morgan fingerprint density at radius 1 is 1.50 bits per heavy atom. The zero-order valence-corrected chi connectivity index (χ0v) is 9.54. The molecule has 0 bridgehead atoms. The largest absolute Gasteiger partial charge is 0.375 e. The average Bonchev–Trinajstić information content (AvgIpc) is 2.66. The quantitative estimate of drug-likeness (QED) is 0.687. The van der Waals surface area contributed by atoms with Crippen LogP contribution in [-0.2, 0) is 14.4 Å². The number of hydroxylamine groups is 1. The number of primary amides is 1. The summed E-state index contributed by atoms with van der Waals surface area (Å²) < 4.78 is 5.90. The van der Waals surface area contributed by atoms with E-state index >= 15 is 0 Å². The maximum absolute atomic E-state index is 10.5. The lowest BCUT2D eigenvalue weighted by Gasteiger charge is -2.38. The summed E-state index contributed by atoms with van der Waals surface area (Å²) in [5.74, 6) is -0.449. The predicted molar refractivity (Wildman–Crippen MR) is 58.5 cm³/mol. The van der Waals surface area contributed by atoms with Crippen LogP contribution in [-0.4, -0.2) is 30.8 Å². The second kappa shape index (κ2) is 5.12. The standard InChI is InChI=1S/C11H20N2O3/c12-10(14)8-16-13-9-3-6-15-11(7-9)4-1-2-5-11/h9,13H,1-8H2,(H2,12,14). The molecule has 92 valence electrons. The maximum atomic E-state index is 10.5. The minimum absolute atomic E-state index is 0.0651. The zero-order valence-electron chi connectivity index (χ0n) is 9.54. The minimum atomic E-state index is -0.449. The van der Waals surface area contributed by atoms with Crippen LogP contribution in [0.1, 0.15) is 38.5 Å². The number of amides is 1. The molecule has 1 spiro atoms. The molecule has 0 radical (unpaired) electrons. The van der Waals surface area contributed by atoms with Crippen LogP contribution in [0, 0.1) is 0 Å². The van der Waals surface area contributed by atoms with Gasteiger partial charge in [0.25, 0.3) is 0 Å². The van der Waals surface area contributed by atoms with Gasteiger partial charge in [0.2, 0.25) is 5.91 Å². The second-order valence-corrected chi connectivity index (χ2v) is 4.80. The lowest BCUT2D eigenvalue weighted by molar-refractivity contribution is -0.131. The van der Waals surface area contributed by atoms with Gasteiger partial charge in [0.05, 0.1) is 5.60 Å². The molecule has 3 N–H and O–H groups in total. The predicted octanol–water partition coefficient (Wildman–Crippen LogP) is 0.485. The SMILES string of the molecule is NC(=O)CONC1CCOC2(CCCC2)C1. The van der Waals surface area contributed by atoms with Crippen LogP contribution in [0.2, 0.25) is 0 Å². The Bertz CT molecular complexity index is 252. The number of nitrogens with one attached hydrogen (secondary N) is 1. The molecule has 1 amide bonds. The molecule has 0 aromatic carbocycles. The van der Waals surface area contributed by atoms with E-state index in [1.165, 1.54) is 12.8 Å². The van der Waals surface area contributed by atoms with E-state index in [1.54, 1.807) is 0 Å². The van der Waals surface area contributed by atoms with E-state index < -0.39 is 5.91 Å². The van der Waals surface area contributed by atoms with Gasteiger partial charge in [-0.25, -0.2) is 0 Å². The van der Waals surface area contributed by atoms with E-state index in [4.69, 9.17) is 15.3 Å². The summed E-state index contributed by atoms with van der Waals surface area (Å²) in [6.45, 7) is 0.710. The third kappa shape index (κ3) is 2.93. The van der Waals surface area contributed by atoms with Crippen LogP contribution < -0.4 is 11.2 Å². The molecule has 2 rings (SSSR count). The van der Waals surface area contributed by atoms with Gasteiger partial charge in [0.15, 0.2) is 0 Å². The summed E-state index contributed by atoms with van der Waals surface area (Å²) in [5.41, 5.74) is 7.99. The van der Waals surface area contributed by atoms with Gasteiger partial charge in [-0.3, -0.25) is 9.63 Å². The van der Waals surface area contributed by atoms with Crippen LogP contribution in [0.15, 0.2) is 0 Å². The fourth-order valence-corrected chi connectivity index (χ4v) is 2.73. The molecule has 2 fully saturated rings. The number of hydrogen-bond acceptors (Lipinski definition) is 4. The van der Waals surface area contributed by atoms with E-state index in [0.717, 1.165) is 32.3 Å². The van der Waals surface area contributed by atoms with Gasteiger partial charge < -0.3 is 10.5 Å². The summed E-state index contributed by atoms with van der Waals surface area (Å²) >= 11 is 0. The highest BCUT2D eigenvalue weighted by Crippen LogP contribution is 2.39. The van der Waals surface area contributed by atoms with Gasteiger partial charge in [-0.05, 0) is 25.7 Å². The number of ether oxygens (including phenoxy) is 1. The summed E-state index contributed by atoms with van der Waals surface area (Å²) in [4.78, 5) is 15.6. The van der Waals surface area contributed by atoms with E-state index in [9.17, 15) is 4.79 Å². The molecule has 1 aliphatic heterocycles. The monoisotopic (exact) mass is 228 g/mol. The molecule has 1 saturated carbocycles. The zero-order chi connectivity index (χ0) is 11.4. The first-order chi connectivity index (χ1) is 7.70. The third-order valence-electron chi connectivity index (χ3n) is 3.47. The van der Waals surface area contributed by atoms with Crippen molar-refractivity contribution >= 4 is 5.91 Å². The van der Waals surface area contributed by atoms with Crippen molar-refractivity contribution in [3.05, 3.63) is 0 Å². The van der Waals surface area contributed by atoms with Crippen LogP contribution >= 0.6 is 0 Å². The van der Waals surface area contributed by atoms with E-state index in [1.807, 2.05) is 0 Å². The van der Waals surface area contributed by atoms with Gasteiger partial charge in [-0.1, -0.05) is 12.8 Å². The maximum Gasteiger partial charge on any atom is 0.245 e. The Morgan fingerprint density at radius 3 is 2.94 bits per heavy atom. The molecular formula is C11H20N2O3. The highest BCUT2D eigenvalue weighted by molar-refractivity contribution is 5.74. The fraction of sp³-hybridized carbons (Fsp3) is 0.909. The third-order valence-corrected chi connectivity index (χ3v) is 3.47. The Kier molecular flexibility index (Phi) is 3.78. The Labute approximate surface area is 95.6 Å². The first kappa shape index (κ1) is 11.8. The lowest BCUT2D eigenvalue weighted by Crippen LogP contribution is -2.46. The molecule has 5 nitrogen and oxygen atoms in total. The minimum Gasteiger partial charge on any atom is -0.375 e. The Morgan fingerprint density at radius 2 is 2.25 bits per heavy atom. The number of carbonyl (C=O) groups is 1. The smallest absolute Gasteiger partial charge is 0.245 e. The van der Waals surface area contributed by atoms with Crippen LogP contribution in [0.25, 0.3) is 0 Å². The summed E-state index contributed by atoms with van der Waals surface area (Å²) in [6.07, 6.45) is 6.73. The number of rotatable bonds is 4. The van der Waals surface area contributed by atoms with Crippen molar-refractivity contribution in [1.29, 1.82) is 0 Å². The first-order valence-corrected chi connectivity index (χ1v) is 6.00. The van der Waals surface area contributed by atoms with E-state index in [-0.39, 0.29) is 18.2 Å².